The van der Waals surface area contributed by atoms with E-state index in [0.29, 0.717) is 11.8 Å². The van der Waals surface area contributed by atoms with Crippen LogP contribution in [0.3, 0.4) is 0 Å². The van der Waals surface area contributed by atoms with E-state index in [1.54, 1.807) is 20.0 Å². The number of fused-ring (bicyclic) bond motifs is 2. The molecule has 5 rings (SSSR count). The van der Waals surface area contributed by atoms with Crippen LogP contribution >= 0.6 is 30.3 Å². The molecule has 1 atom stereocenters. The Kier molecular flexibility index (Phi) is 4.59. The molecule has 2 N–H and O–H groups in total. The molecule has 3 aromatic heterocycles. The zero-order valence-electron chi connectivity index (χ0n) is 15.0. The van der Waals surface area contributed by atoms with Gasteiger partial charge in [0.2, 0.25) is 5.95 Å². The van der Waals surface area contributed by atoms with E-state index in [0.717, 1.165) is 29.7 Å². The number of nitrogens with zero attached hydrogens (tertiary/aromatic N) is 6. The van der Waals surface area contributed by atoms with Crippen molar-refractivity contribution in [1.29, 1.82) is 0 Å². The summed E-state index contributed by atoms with van der Waals surface area (Å²) < 4.78 is 3.66. The molecule has 0 unspecified atom stereocenters. The zero-order valence-corrected chi connectivity index (χ0v) is 18.0. The van der Waals surface area contributed by atoms with Gasteiger partial charge >= 0.3 is 0 Å². The highest BCUT2D eigenvalue weighted by Crippen LogP contribution is 2.36. The van der Waals surface area contributed by atoms with E-state index < -0.39 is 0 Å². The molecule has 3 heterocycles. The first kappa shape index (κ1) is 17.7. The van der Waals surface area contributed by atoms with Crippen LogP contribution in [0.5, 0.6) is 0 Å². The highest BCUT2D eigenvalue weighted by Gasteiger charge is 2.23. The number of nitrogens with one attached hydrogen (secondary N) is 2. The number of aromatic nitrogens is 6. The monoisotopic (exact) mass is 504 g/mol. The minimum absolute atomic E-state index is 0.245. The van der Waals surface area contributed by atoms with Crippen LogP contribution in [0.1, 0.15) is 23.6 Å². The minimum Gasteiger partial charge on any atom is -0.363 e. The molecule has 142 valence electrons. The van der Waals surface area contributed by atoms with Crippen LogP contribution in [0, 0.1) is 0 Å². The van der Waals surface area contributed by atoms with E-state index in [1.165, 1.54) is 11.1 Å². The van der Waals surface area contributed by atoms with Crippen molar-refractivity contribution >= 4 is 58.9 Å². The Morgan fingerprint density at radius 1 is 1.21 bits per heavy atom. The van der Waals surface area contributed by atoms with Gasteiger partial charge in [0, 0.05) is 43.6 Å². The smallest absolute Gasteiger partial charge is 0.232 e. The Morgan fingerprint density at radius 3 is 2.93 bits per heavy atom. The number of hydrogen-bond donors (Lipinski definition) is 2. The average molecular weight is 504 g/mol. The van der Waals surface area contributed by atoms with Gasteiger partial charge in [-0.05, 0) is 30.0 Å². The number of aryl methyl sites for hydroxylation is 2. The summed E-state index contributed by atoms with van der Waals surface area (Å²) in [4.78, 5) is 9.44. The Bertz CT molecular complexity index is 1150. The van der Waals surface area contributed by atoms with Crippen LogP contribution in [0.2, 0.25) is 0 Å². The van der Waals surface area contributed by atoms with E-state index in [-0.39, 0.29) is 6.04 Å². The quantitative estimate of drug-likeness (QED) is 0.393. The normalized spacial score (nSPS) is 15.7. The van der Waals surface area contributed by atoms with Gasteiger partial charge in [-0.1, -0.05) is 29.5 Å². The van der Waals surface area contributed by atoms with Gasteiger partial charge in [-0.15, -0.1) is 5.10 Å². The molecule has 0 saturated carbocycles. The number of hydrogen-bond acceptors (Lipinski definition) is 7. The van der Waals surface area contributed by atoms with Gasteiger partial charge in [0.1, 0.15) is 5.82 Å². The summed E-state index contributed by atoms with van der Waals surface area (Å²) in [5, 5.41) is 15.8. The van der Waals surface area contributed by atoms with Crippen molar-refractivity contribution in [2.45, 2.75) is 18.9 Å². The Morgan fingerprint density at radius 2 is 2.11 bits per heavy atom. The number of anilines is 3. The first-order valence-electron chi connectivity index (χ1n) is 8.87. The molecule has 0 bridgehead atoms. The van der Waals surface area contributed by atoms with Crippen molar-refractivity contribution in [3.05, 3.63) is 53.9 Å². The van der Waals surface area contributed by atoms with E-state index in [4.69, 9.17) is 4.98 Å². The van der Waals surface area contributed by atoms with E-state index in [1.807, 2.05) is 17.2 Å². The number of benzene rings is 1. The second-order valence-corrected chi connectivity index (χ2v) is 8.39. The van der Waals surface area contributed by atoms with Gasteiger partial charge in [-0.3, -0.25) is 8.65 Å². The molecule has 0 fully saturated rings. The molecule has 0 aliphatic heterocycles. The molecule has 0 spiro atoms. The third kappa shape index (κ3) is 3.20. The molecule has 10 heteroatoms. The molecular formula is C18H17IN8S. The molecule has 0 saturated heterocycles. The standard InChI is InChI=1S/C18H17IN8S/c1-26-10-15(24-25-26)21-18-22-16(13-8-9-27(28-19)17(13)23-18)20-14-7-6-11-4-2-3-5-12(11)14/h2-5,8-10,14H,6-7H2,1H3,(H2,20,21,22,23)/t14-/m0/s1. The topological polar surface area (TPSA) is 85.5 Å². The van der Waals surface area contributed by atoms with Gasteiger partial charge in [0.15, 0.2) is 11.5 Å². The van der Waals surface area contributed by atoms with Gasteiger partial charge in [-0.25, -0.2) is 0 Å². The predicted molar refractivity (Wildman–Crippen MR) is 120 cm³/mol. The lowest BCUT2D eigenvalue weighted by Crippen LogP contribution is -2.10. The van der Waals surface area contributed by atoms with Gasteiger partial charge in [0.05, 0.1) is 17.6 Å². The second-order valence-electron chi connectivity index (χ2n) is 6.68. The highest BCUT2D eigenvalue weighted by molar-refractivity contribution is 14.2. The SMILES string of the molecule is Cn1cc(Nc2nc(N[C@H]3CCc4ccccc43)c3ccn(SI)c3n2)nn1. The molecular weight excluding hydrogens is 487 g/mol. The lowest BCUT2D eigenvalue weighted by molar-refractivity contribution is 0.715. The number of rotatable bonds is 5. The van der Waals surface area contributed by atoms with Crippen molar-refractivity contribution in [3.63, 3.8) is 0 Å². The molecule has 1 aliphatic rings. The van der Waals surface area contributed by atoms with Crippen LogP contribution in [-0.4, -0.2) is 28.9 Å². The lowest BCUT2D eigenvalue weighted by Gasteiger charge is -2.16. The summed E-state index contributed by atoms with van der Waals surface area (Å²) in [6.07, 6.45) is 5.94. The third-order valence-electron chi connectivity index (χ3n) is 4.87. The predicted octanol–water partition coefficient (Wildman–Crippen LogP) is 4.25. The van der Waals surface area contributed by atoms with E-state index in [9.17, 15) is 0 Å². The van der Waals surface area contributed by atoms with Crippen molar-refractivity contribution in [2.24, 2.45) is 7.05 Å². The largest absolute Gasteiger partial charge is 0.363 e. The Hall–Kier alpha value is -2.34. The second kappa shape index (κ2) is 7.24. The maximum Gasteiger partial charge on any atom is 0.232 e. The zero-order chi connectivity index (χ0) is 19.1. The molecule has 0 radical (unpaired) electrons. The molecule has 1 aromatic carbocycles. The summed E-state index contributed by atoms with van der Waals surface area (Å²) in [5.41, 5.74) is 3.61. The molecule has 1 aliphatic carbocycles. The first-order chi connectivity index (χ1) is 13.7. The summed E-state index contributed by atoms with van der Waals surface area (Å²) in [7, 11) is 3.40. The van der Waals surface area contributed by atoms with Gasteiger partial charge in [-0.2, -0.15) is 9.97 Å². The van der Waals surface area contributed by atoms with Crippen molar-refractivity contribution in [3.8, 4) is 0 Å². The van der Waals surface area contributed by atoms with Crippen LogP contribution in [-0.2, 0) is 13.5 Å². The lowest BCUT2D eigenvalue weighted by atomic mass is 10.1. The fourth-order valence-electron chi connectivity index (χ4n) is 3.60. The molecule has 0 amide bonds. The van der Waals surface area contributed by atoms with Crippen LogP contribution < -0.4 is 10.6 Å². The summed E-state index contributed by atoms with van der Waals surface area (Å²) in [6, 6.07) is 10.9. The highest BCUT2D eigenvalue weighted by atomic mass is 127. The maximum absolute atomic E-state index is 4.75. The van der Waals surface area contributed by atoms with E-state index >= 15 is 0 Å². The van der Waals surface area contributed by atoms with Gasteiger partial charge in [0.25, 0.3) is 0 Å². The molecule has 4 aromatic rings. The number of halogens is 1. The summed E-state index contributed by atoms with van der Waals surface area (Å²) in [6.45, 7) is 0. The fraction of sp³-hybridized carbons (Fsp3) is 0.222. The maximum atomic E-state index is 4.75. The summed E-state index contributed by atoms with van der Waals surface area (Å²) in [5.74, 6) is 1.92. The van der Waals surface area contributed by atoms with E-state index in [2.05, 4.69) is 77.5 Å². The summed E-state index contributed by atoms with van der Waals surface area (Å²) >= 11 is 2.25. The average Bonchev–Trinajstić information content (AvgIpc) is 3.41. The minimum atomic E-state index is 0.245. The Labute approximate surface area is 177 Å². The Balaban J connectivity index is 1.54. The van der Waals surface area contributed by atoms with Crippen molar-refractivity contribution in [2.75, 3.05) is 10.6 Å². The van der Waals surface area contributed by atoms with Crippen molar-refractivity contribution in [1.82, 2.24) is 28.9 Å². The van der Waals surface area contributed by atoms with Crippen LogP contribution in [0.4, 0.5) is 17.6 Å². The first-order valence-corrected chi connectivity index (χ1v) is 12.2. The fourth-order valence-corrected chi connectivity index (χ4v) is 4.87. The molecule has 28 heavy (non-hydrogen) atoms. The molecule has 8 nitrogen and oxygen atoms in total. The van der Waals surface area contributed by atoms with Crippen LogP contribution in [0.25, 0.3) is 11.0 Å². The van der Waals surface area contributed by atoms with Crippen molar-refractivity contribution < 1.29 is 0 Å². The van der Waals surface area contributed by atoms with Gasteiger partial charge < -0.3 is 10.6 Å². The third-order valence-corrected chi connectivity index (χ3v) is 6.59. The van der Waals surface area contributed by atoms with Crippen LogP contribution in [0.15, 0.2) is 42.7 Å².